The van der Waals surface area contributed by atoms with E-state index in [-0.39, 0.29) is 34.7 Å². The first-order valence-electron chi connectivity index (χ1n) is 21.3. The number of para-hydroxylation sites is 2. The zero-order valence-electron chi connectivity index (χ0n) is 36.2. The summed E-state index contributed by atoms with van der Waals surface area (Å²) in [7, 11) is 0. The summed E-state index contributed by atoms with van der Waals surface area (Å²) in [6, 6.07) is 42.2. The third kappa shape index (κ3) is 4.57. The number of hydrogen-bond donors (Lipinski definition) is 0. The van der Waals surface area contributed by atoms with Crippen molar-refractivity contribution in [3.8, 4) is 22.3 Å². The lowest BCUT2D eigenvalue weighted by atomic mass is 9.67. The molecule has 0 fully saturated rings. The Morgan fingerprint density at radius 3 is 1.82 bits per heavy atom. The molecule has 0 atom stereocenters. The van der Waals surface area contributed by atoms with Crippen LogP contribution < -0.4 is 4.90 Å². The van der Waals surface area contributed by atoms with Crippen LogP contribution in [0.1, 0.15) is 34.6 Å². The molecule has 0 aliphatic heterocycles. The maximum atomic E-state index is 9.61. The van der Waals surface area contributed by atoms with Gasteiger partial charge in [0.2, 0.25) is 0 Å². The molecule has 9 aromatic rings. The van der Waals surface area contributed by atoms with E-state index < -0.39 is 47.7 Å². The van der Waals surface area contributed by atoms with Gasteiger partial charge in [0.1, 0.15) is 11.2 Å². The molecule has 1 heterocycles. The first-order chi connectivity index (χ1) is 29.0. The Morgan fingerprint density at radius 2 is 1.06 bits per heavy atom. The van der Waals surface area contributed by atoms with Crippen molar-refractivity contribution in [2.45, 2.75) is 5.41 Å². The molecule has 1 aliphatic carbocycles. The molecule has 8 aromatic carbocycles. The van der Waals surface area contributed by atoms with Crippen LogP contribution in [0, 0.1) is 0 Å². The summed E-state index contributed by atoms with van der Waals surface area (Å²) in [6.07, 6.45) is 0. The van der Waals surface area contributed by atoms with Gasteiger partial charge in [-0.25, -0.2) is 0 Å². The van der Waals surface area contributed by atoms with Gasteiger partial charge in [-0.3, -0.25) is 0 Å². The Balaban J connectivity index is 1.27. The van der Waals surface area contributed by atoms with Crippen LogP contribution in [-0.4, -0.2) is 0 Å². The first-order valence-corrected chi connectivity index (χ1v) is 16.8. The quantitative estimate of drug-likeness (QED) is 0.176. The van der Waals surface area contributed by atoms with E-state index >= 15 is 0 Å². The van der Waals surface area contributed by atoms with Crippen LogP contribution in [0.15, 0.2) is 204 Å². The van der Waals surface area contributed by atoms with E-state index in [1.807, 2.05) is 84.9 Å². The van der Waals surface area contributed by atoms with Gasteiger partial charge in [0.25, 0.3) is 0 Å². The molecule has 0 bridgehead atoms. The summed E-state index contributed by atoms with van der Waals surface area (Å²) < 4.78 is 88.3. The van der Waals surface area contributed by atoms with Crippen LogP contribution >= 0.6 is 0 Å². The van der Waals surface area contributed by atoms with Crippen molar-refractivity contribution in [2.24, 2.45) is 0 Å². The van der Waals surface area contributed by atoms with E-state index in [9.17, 15) is 8.22 Å². The van der Waals surface area contributed by atoms with Gasteiger partial charge in [-0.15, -0.1) is 0 Å². The second-order valence-corrected chi connectivity index (χ2v) is 12.6. The van der Waals surface area contributed by atoms with Crippen molar-refractivity contribution in [2.75, 3.05) is 4.90 Å². The monoisotopic (exact) mass is 660 g/mol. The van der Waals surface area contributed by atoms with Gasteiger partial charge in [0, 0.05) is 27.8 Å². The Kier molecular flexibility index (Phi) is 4.94. The Labute approximate surface area is 310 Å². The van der Waals surface area contributed by atoms with Gasteiger partial charge >= 0.3 is 0 Å². The summed E-state index contributed by atoms with van der Waals surface area (Å²) in [4.78, 5) is 1.31. The highest BCUT2D eigenvalue weighted by molar-refractivity contribution is 6.06. The predicted octanol–water partition coefficient (Wildman–Crippen LogP) is 13.1. The molecule has 0 spiro atoms. The zero-order chi connectivity index (χ0) is 41.6. The van der Waals surface area contributed by atoms with Crippen LogP contribution in [0.3, 0.4) is 0 Å². The molecule has 2 heteroatoms. The molecule has 0 saturated heterocycles. The molecule has 10 rings (SSSR count). The van der Waals surface area contributed by atoms with Crippen LogP contribution in [0.25, 0.3) is 44.2 Å². The fourth-order valence-corrected chi connectivity index (χ4v) is 7.74. The highest BCUT2D eigenvalue weighted by atomic mass is 16.3. The molecule has 0 radical (unpaired) electrons. The van der Waals surface area contributed by atoms with E-state index in [1.165, 1.54) is 4.90 Å². The van der Waals surface area contributed by atoms with E-state index in [2.05, 4.69) is 36.4 Å². The summed E-state index contributed by atoms with van der Waals surface area (Å²) >= 11 is 0. The van der Waals surface area contributed by atoms with Gasteiger partial charge in [0.05, 0.1) is 17.8 Å². The van der Waals surface area contributed by atoms with Gasteiger partial charge in [-0.1, -0.05) is 145 Å². The minimum absolute atomic E-state index is 0.0542. The molecule has 0 unspecified atom stereocenters. The average Bonchev–Trinajstić information content (AvgIpc) is 3.80. The molecular weight excluding hydrogens is 619 g/mol. The second kappa shape index (κ2) is 11.8. The van der Waals surface area contributed by atoms with Gasteiger partial charge in [0.15, 0.2) is 0 Å². The third-order valence-corrected chi connectivity index (χ3v) is 9.91. The number of rotatable bonds is 6. The average molecular weight is 661 g/mol. The fourth-order valence-electron chi connectivity index (χ4n) is 7.74. The lowest BCUT2D eigenvalue weighted by Crippen LogP contribution is -2.28. The summed E-state index contributed by atoms with van der Waals surface area (Å²) in [5.41, 5.74) is 6.37. The molecule has 240 valence electrons. The topological polar surface area (TPSA) is 16.4 Å². The fraction of sp³-hybridized carbons (Fsp3) is 0.0204. The molecule has 0 amide bonds. The Morgan fingerprint density at radius 1 is 0.431 bits per heavy atom. The number of anilines is 3. The minimum atomic E-state index is -0.871. The van der Waals surface area contributed by atoms with Gasteiger partial charge in [-0.05, 0) is 99.0 Å². The number of nitrogens with zero attached hydrogens (tertiary/aromatic N) is 1. The maximum Gasteiger partial charge on any atom is 0.135 e. The summed E-state index contributed by atoms with van der Waals surface area (Å²) in [5, 5.41) is 1.60. The Bertz CT molecular complexity index is 3120. The summed E-state index contributed by atoms with van der Waals surface area (Å²) in [5.74, 6) is 0. The molecule has 0 saturated carbocycles. The van der Waals surface area contributed by atoms with Crippen molar-refractivity contribution in [1.29, 1.82) is 0 Å². The molecule has 1 aromatic heterocycles. The van der Waals surface area contributed by atoms with E-state index in [4.69, 9.17) is 8.53 Å². The number of hydrogen-bond acceptors (Lipinski definition) is 2. The van der Waals surface area contributed by atoms with Gasteiger partial charge in [-0.2, -0.15) is 0 Å². The van der Waals surface area contributed by atoms with Crippen LogP contribution in [0.4, 0.5) is 17.1 Å². The Hall–Kier alpha value is -6.64. The molecule has 0 N–H and O–H groups in total. The number of benzene rings is 8. The van der Waals surface area contributed by atoms with Crippen molar-refractivity contribution >= 4 is 39.0 Å². The van der Waals surface area contributed by atoms with Crippen LogP contribution in [0.2, 0.25) is 0 Å². The number of furan rings is 1. The standard InChI is InChI=1S/C49H33NO/c1-4-14-36(15-5-1)49(37-16-6-2-7-17-37)45-22-12-10-20-41(45)42-30-29-40(33-46(42)49)50(38-18-8-3-9-19-38)39-27-24-34(25-28-39)35-26-31-48-44(32-35)43-21-11-13-23-47(43)51-48/h1-33H/i3D,8D,9D,18D,19D,24D,25D,27D,28D. The highest BCUT2D eigenvalue weighted by Crippen LogP contribution is 2.57. The lowest BCUT2D eigenvalue weighted by Gasteiger charge is -2.35. The van der Waals surface area contributed by atoms with E-state index in [1.54, 1.807) is 24.3 Å². The normalized spacial score (nSPS) is 15.3. The SMILES string of the molecule is [2H]c1c([2H])c([2H])c(N(c2ccc3c(c2)C(c2ccccc2)(c2ccccc2)c2ccccc2-3)c2c([2H])c([2H])c(-c3ccc4oc5ccccc5c4c3)c([2H])c2[2H])c([2H])c1[2H]. The van der Waals surface area contributed by atoms with Crippen molar-refractivity contribution < 1.29 is 16.8 Å². The number of fused-ring (bicyclic) bond motifs is 6. The van der Waals surface area contributed by atoms with Crippen molar-refractivity contribution in [3.05, 3.63) is 222 Å². The largest absolute Gasteiger partial charge is 0.456 e. The van der Waals surface area contributed by atoms with E-state index in [0.717, 1.165) is 44.2 Å². The maximum absolute atomic E-state index is 9.61. The first kappa shape index (κ1) is 21.4. The smallest absolute Gasteiger partial charge is 0.135 e. The molecular formula is C49H33NO. The minimum Gasteiger partial charge on any atom is -0.456 e. The van der Waals surface area contributed by atoms with Gasteiger partial charge < -0.3 is 9.32 Å². The van der Waals surface area contributed by atoms with E-state index in [0.29, 0.717) is 16.7 Å². The molecule has 2 nitrogen and oxygen atoms in total. The second-order valence-electron chi connectivity index (χ2n) is 12.6. The predicted molar refractivity (Wildman–Crippen MR) is 211 cm³/mol. The van der Waals surface area contributed by atoms with Crippen LogP contribution in [0.5, 0.6) is 0 Å². The molecule has 1 aliphatic rings. The highest BCUT2D eigenvalue weighted by Gasteiger charge is 2.46. The summed E-state index contributed by atoms with van der Waals surface area (Å²) in [6.45, 7) is 0. The van der Waals surface area contributed by atoms with Crippen LogP contribution in [-0.2, 0) is 5.41 Å². The lowest BCUT2D eigenvalue weighted by molar-refractivity contribution is 0.669. The zero-order valence-corrected chi connectivity index (χ0v) is 27.2. The van der Waals surface area contributed by atoms with Crippen molar-refractivity contribution in [1.82, 2.24) is 0 Å². The molecule has 51 heavy (non-hydrogen) atoms. The van der Waals surface area contributed by atoms with Crippen molar-refractivity contribution in [3.63, 3.8) is 0 Å². The third-order valence-electron chi connectivity index (χ3n) is 9.91.